The summed E-state index contributed by atoms with van der Waals surface area (Å²) in [6.45, 7) is 2.20. The number of rotatable bonds is 7. The molecule has 1 aliphatic rings. The number of aliphatic imine (C=N–C) groups is 1. The van der Waals surface area contributed by atoms with Gasteiger partial charge in [-0.25, -0.2) is 13.4 Å². The van der Waals surface area contributed by atoms with Crippen LogP contribution in [-0.2, 0) is 16.3 Å². The van der Waals surface area contributed by atoms with Crippen LogP contribution in [0.5, 0.6) is 5.75 Å². The average molecular weight is 444 g/mol. The van der Waals surface area contributed by atoms with E-state index >= 15 is 0 Å². The Bertz CT molecular complexity index is 1220. The Kier molecular flexibility index (Phi) is 5.79. The molecule has 4 rings (SSSR count). The number of benzene rings is 2. The number of fused-ring (bicyclic) bond motifs is 3. The second-order valence-electron chi connectivity index (χ2n) is 7.54. The minimum atomic E-state index is -3.32. The highest BCUT2D eigenvalue weighted by Crippen LogP contribution is 2.36. The van der Waals surface area contributed by atoms with Crippen molar-refractivity contribution in [3.05, 3.63) is 41.5 Å². The van der Waals surface area contributed by atoms with Gasteiger partial charge in [-0.15, -0.1) is 0 Å². The fourth-order valence-corrected chi connectivity index (χ4v) is 5.21. The molecule has 8 heteroatoms. The minimum Gasteiger partial charge on any atom is -0.495 e. The predicted octanol–water partition coefficient (Wildman–Crippen LogP) is 4.99. The van der Waals surface area contributed by atoms with Crippen LogP contribution in [0.25, 0.3) is 10.2 Å². The maximum absolute atomic E-state index is 11.9. The zero-order valence-corrected chi connectivity index (χ0v) is 18.9. The van der Waals surface area contributed by atoms with E-state index in [0.29, 0.717) is 22.6 Å². The number of nitrogens with one attached hydrogen (secondary N) is 1. The van der Waals surface area contributed by atoms with Crippen molar-refractivity contribution in [3.63, 3.8) is 0 Å². The van der Waals surface area contributed by atoms with Crippen molar-refractivity contribution in [2.24, 2.45) is 4.99 Å². The fourth-order valence-electron chi connectivity index (χ4n) is 3.66. The van der Waals surface area contributed by atoms with E-state index in [0.717, 1.165) is 28.6 Å². The third kappa shape index (κ3) is 4.20. The molecule has 0 spiro atoms. The van der Waals surface area contributed by atoms with Gasteiger partial charge >= 0.3 is 0 Å². The zero-order valence-electron chi connectivity index (χ0n) is 17.3. The number of hydrogen-bond acceptors (Lipinski definition) is 7. The summed E-state index contributed by atoms with van der Waals surface area (Å²) in [5.41, 5.74) is 3.87. The number of sulfone groups is 1. The van der Waals surface area contributed by atoms with Gasteiger partial charge in [0.2, 0.25) is 0 Å². The Labute approximate surface area is 180 Å². The third-order valence-electron chi connectivity index (χ3n) is 5.29. The van der Waals surface area contributed by atoms with Gasteiger partial charge < -0.3 is 10.1 Å². The van der Waals surface area contributed by atoms with Crippen LogP contribution in [0.15, 0.2) is 40.2 Å². The summed E-state index contributed by atoms with van der Waals surface area (Å²) >= 11 is 1.52. The molecule has 2 aromatic carbocycles. The lowest BCUT2D eigenvalue weighted by molar-refractivity contribution is 0.416. The lowest BCUT2D eigenvalue weighted by atomic mass is 9.94. The molecule has 0 bridgehead atoms. The minimum absolute atomic E-state index is 0.231. The van der Waals surface area contributed by atoms with Crippen LogP contribution in [0.1, 0.15) is 37.3 Å². The van der Waals surface area contributed by atoms with E-state index < -0.39 is 9.84 Å². The fraction of sp³-hybridized carbons (Fsp3) is 0.364. The summed E-state index contributed by atoms with van der Waals surface area (Å²) < 4.78 is 30.3. The monoisotopic (exact) mass is 443 g/mol. The molecule has 0 saturated heterocycles. The standard InChI is InChI=1S/C22H25N3O3S2/c1-4-5-6-15-11-14-7-10-20-21(17(14)13-23-15)25-22(29-20)24-18-12-16(30(3,26)27)8-9-19(18)28-2/h7-10,12-13,15H,4-6,11H2,1-3H3,(H,24,25). The maximum atomic E-state index is 11.9. The highest BCUT2D eigenvalue weighted by molar-refractivity contribution is 7.90. The molecule has 3 aromatic rings. The average Bonchev–Trinajstić information content (AvgIpc) is 3.14. The first kappa shape index (κ1) is 20.8. The zero-order chi connectivity index (χ0) is 21.3. The van der Waals surface area contributed by atoms with E-state index in [9.17, 15) is 8.42 Å². The molecular formula is C22H25N3O3S2. The van der Waals surface area contributed by atoms with Crippen LogP contribution in [-0.4, -0.2) is 39.0 Å². The molecule has 0 amide bonds. The molecule has 1 atom stereocenters. The summed E-state index contributed by atoms with van der Waals surface area (Å²) in [5, 5.41) is 3.93. The summed E-state index contributed by atoms with van der Waals surface area (Å²) in [5.74, 6) is 0.559. The Morgan fingerprint density at radius 1 is 1.27 bits per heavy atom. The maximum Gasteiger partial charge on any atom is 0.188 e. The Morgan fingerprint density at radius 3 is 2.83 bits per heavy atom. The van der Waals surface area contributed by atoms with Crippen molar-refractivity contribution in [2.75, 3.05) is 18.7 Å². The van der Waals surface area contributed by atoms with Crippen molar-refractivity contribution in [1.29, 1.82) is 0 Å². The van der Waals surface area contributed by atoms with Gasteiger partial charge in [0.25, 0.3) is 0 Å². The number of anilines is 2. The lowest BCUT2D eigenvalue weighted by Gasteiger charge is -2.18. The SMILES string of the molecule is CCCCC1Cc2ccc3sc(Nc4cc(S(C)(=O)=O)ccc4OC)nc3c2C=N1. The van der Waals surface area contributed by atoms with Crippen molar-refractivity contribution in [2.45, 2.75) is 43.5 Å². The second kappa shape index (κ2) is 8.35. The van der Waals surface area contributed by atoms with Gasteiger partial charge in [0.1, 0.15) is 5.75 Å². The number of aromatic nitrogens is 1. The Balaban J connectivity index is 1.67. The van der Waals surface area contributed by atoms with Gasteiger partial charge in [-0.05, 0) is 42.7 Å². The van der Waals surface area contributed by atoms with E-state index in [-0.39, 0.29) is 4.90 Å². The van der Waals surface area contributed by atoms with E-state index in [1.807, 2.05) is 6.21 Å². The number of ether oxygens (including phenoxy) is 1. The number of methoxy groups -OCH3 is 1. The van der Waals surface area contributed by atoms with Gasteiger partial charge in [-0.3, -0.25) is 4.99 Å². The molecule has 1 N–H and O–H groups in total. The molecule has 158 valence electrons. The van der Waals surface area contributed by atoms with Crippen LogP contribution >= 0.6 is 11.3 Å². The Hall–Kier alpha value is -2.45. The third-order valence-corrected chi connectivity index (χ3v) is 7.34. The van der Waals surface area contributed by atoms with Crippen molar-refractivity contribution in [1.82, 2.24) is 4.98 Å². The quantitative estimate of drug-likeness (QED) is 0.557. The molecule has 0 aliphatic carbocycles. The van der Waals surface area contributed by atoms with E-state index in [4.69, 9.17) is 14.7 Å². The first-order chi connectivity index (χ1) is 14.4. The molecule has 2 heterocycles. The lowest BCUT2D eigenvalue weighted by Crippen LogP contribution is -2.15. The van der Waals surface area contributed by atoms with Gasteiger partial charge in [0.15, 0.2) is 15.0 Å². The topological polar surface area (TPSA) is 80.7 Å². The van der Waals surface area contributed by atoms with Crippen LogP contribution in [0.3, 0.4) is 0 Å². The largest absolute Gasteiger partial charge is 0.495 e. The van der Waals surface area contributed by atoms with Crippen molar-refractivity contribution >= 4 is 48.4 Å². The summed E-state index contributed by atoms with van der Waals surface area (Å²) in [4.78, 5) is 9.77. The highest BCUT2D eigenvalue weighted by atomic mass is 32.2. The van der Waals surface area contributed by atoms with Crippen molar-refractivity contribution in [3.8, 4) is 5.75 Å². The highest BCUT2D eigenvalue weighted by Gasteiger charge is 2.19. The molecule has 0 saturated carbocycles. The van der Waals surface area contributed by atoms with Gasteiger partial charge in [-0.1, -0.05) is 37.2 Å². The first-order valence-corrected chi connectivity index (χ1v) is 12.7. The van der Waals surface area contributed by atoms with Crippen LogP contribution in [0.2, 0.25) is 0 Å². The van der Waals surface area contributed by atoms with Crippen molar-refractivity contribution < 1.29 is 13.2 Å². The van der Waals surface area contributed by atoms with Crippen LogP contribution in [0.4, 0.5) is 10.8 Å². The first-order valence-electron chi connectivity index (χ1n) is 9.99. The molecule has 1 aliphatic heterocycles. The number of unbranched alkanes of at least 4 members (excludes halogenated alkanes) is 1. The van der Waals surface area contributed by atoms with E-state index in [2.05, 4.69) is 24.4 Å². The van der Waals surface area contributed by atoms with Gasteiger partial charge in [0.05, 0.1) is 34.0 Å². The van der Waals surface area contributed by atoms with Crippen LogP contribution < -0.4 is 10.1 Å². The van der Waals surface area contributed by atoms with Gasteiger partial charge in [0, 0.05) is 18.0 Å². The number of thiazole rings is 1. The molecule has 0 fully saturated rings. The smallest absolute Gasteiger partial charge is 0.188 e. The summed E-state index contributed by atoms with van der Waals surface area (Å²) in [6.07, 6.45) is 7.60. The molecule has 0 radical (unpaired) electrons. The predicted molar refractivity (Wildman–Crippen MR) is 124 cm³/mol. The Morgan fingerprint density at radius 2 is 2.10 bits per heavy atom. The summed E-state index contributed by atoms with van der Waals surface area (Å²) in [6, 6.07) is 9.41. The molecule has 1 unspecified atom stereocenters. The number of hydrogen-bond donors (Lipinski definition) is 1. The van der Waals surface area contributed by atoms with Gasteiger partial charge in [-0.2, -0.15) is 0 Å². The molecular weight excluding hydrogens is 418 g/mol. The molecule has 6 nitrogen and oxygen atoms in total. The molecule has 30 heavy (non-hydrogen) atoms. The van der Waals surface area contributed by atoms with Crippen LogP contribution in [0, 0.1) is 0 Å². The normalized spacial score (nSPS) is 15.9. The number of nitrogens with zero attached hydrogens (tertiary/aromatic N) is 2. The second-order valence-corrected chi connectivity index (χ2v) is 10.6. The van der Waals surface area contributed by atoms with E-state index in [1.54, 1.807) is 25.3 Å². The summed E-state index contributed by atoms with van der Waals surface area (Å²) in [7, 11) is -1.77. The molecule has 1 aromatic heterocycles. The van der Waals surface area contributed by atoms with E-state index in [1.165, 1.54) is 36.0 Å².